The Labute approximate surface area is 84.4 Å². The van der Waals surface area contributed by atoms with E-state index in [4.69, 9.17) is 5.73 Å². The van der Waals surface area contributed by atoms with Gasteiger partial charge in [-0.15, -0.1) is 0 Å². The van der Waals surface area contributed by atoms with Crippen LogP contribution < -0.4 is 16.4 Å². The molecule has 5 nitrogen and oxygen atoms in total. The first-order valence-electron chi connectivity index (χ1n) is 4.91. The highest BCUT2D eigenvalue weighted by atomic mass is 16.2. The number of nitrogens with two attached hydrogens (primary N) is 1. The van der Waals surface area contributed by atoms with Crippen LogP contribution in [0.5, 0.6) is 0 Å². The van der Waals surface area contributed by atoms with Gasteiger partial charge in [0.1, 0.15) is 0 Å². The normalized spacial score (nSPS) is 11.9. The molecule has 0 aromatic heterocycles. The molecule has 1 unspecified atom stereocenters. The fraction of sp³-hybridized carbons (Fsp3) is 0.778. The second kappa shape index (κ2) is 7.32. The van der Waals surface area contributed by atoms with Gasteiger partial charge in [0.2, 0.25) is 11.8 Å². The van der Waals surface area contributed by atoms with E-state index in [0.717, 1.165) is 0 Å². The maximum atomic E-state index is 11.1. The lowest BCUT2D eigenvalue weighted by atomic mass is 10.2. The summed E-state index contributed by atoms with van der Waals surface area (Å²) in [5.41, 5.74) is 5.48. The maximum absolute atomic E-state index is 11.1. The quantitative estimate of drug-likeness (QED) is 0.535. The number of rotatable bonds is 6. The number of carbonyl (C=O) groups excluding carboxylic acids is 2. The fourth-order valence-corrected chi connectivity index (χ4v) is 0.901. The van der Waals surface area contributed by atoms with E-state index in [0.29, 0.717) is 25.9 Å². The van der Waals surface area contributed by atoms with Gasteiger partial charge in [0.05, 0.1) is 6.04 Å². The van der Waals surface area contributed by atoms with Crippen molar-refractivity contribution in [3.8, 4) is 0 Å². The van der Waals surface area contributed by atoms with Gasteiger partial charge in [-0.05, 0) is 13.3 Å². The van der Waals surface area contributed by atoms with E-state index >= 15 is 0 Å². The predicted octanol–water partition coefficient (Wildman–Crippen LogP) is -0.634. The summed E-state index contributed by atoms with van der Waals surface area (Å²) in [6.45, 7) is 4.65. The summed E-state index contributed by atoms with van der Waals surface area (Å²) in [5, 5.41) is 5.24. The topological polar surface area (TPSA) is 84.2 Å². The molecule has 4 N–H and O–H groups in total. The van der Waals surface area contributed by atoms with Crippen LogP contribution in [0.1, 0.15) is 26.7 Å². The lowest BCUT2D eigenvalue weighted by molar-refractivity contribution is -0.123. The lowest BCUT2D eigenvalue weighted by Crippen LogP contribution is -2.41. The van der Waals surface area contributed by atoms with Crippen molar-refractivity contribution in [2.24, 2.45) is 5.73 Å². The highest BCUT2D eigenvalue weighted by Crippen LogP contribution is 1.85. The molecule has 82 valence electrons. The summed E-state index contributed by atoms with van der Waals surface area (Å²) in [4.78, 5) is 22.1. The molecule has 0 aliphatic carbocycles. The van der Waals surface area contributed by atoms with Gasteiger partial charge >= 0.3 is 0 Å². The third-order valence-electron chi connectivity index (χ3n) is 1.80. The van der Waals surface area contributed by atoms with Crippen LogP contribution in [0.4, 0.5) is 0 Å². The fourth-order valence-electron chi connectivity index (χ4n) is 0.901. The molecular formula is C9H19N3O2. The first kappa shape index (κ1) is 12.9. The Morgan fingerprint density at radius 2 is 1.93 bits per heavy atom. The minimum atomic E-state index is -0.468. The molecule has 0 aliphatic rings. The molecule has 0 bridgehead atoms. The molecule has 0 saturated carbocycles. The van der Waals surface area contributed by atoms with Crippen LogP contribution in [0.15, 0.2) is 0 Å². The molecule has 0 aromatic carbocycles. The first-order chi connectivity index (χ1) is 6.61. The van der Waals surface area contributed by atoms with Crippen molar-refractivity contribution in [1.29, 1.82) is 0 Å². The summed E-state index contributed by atoms with van der Waals surface area (Å²) in [5.74, 6) is -0.255. The third kappa shape index (κ3) is 5.53. The van der Waals surface area contributed by atoms with Crippen molar-refractivity contribution in [2.75, 3.05) is 13.1 Å². The average molecular weight is 201 g/mol. The molecule has 0 saturated heterocycles. The molecule has 0 radical (unpaired) electrons. The summed E-state index contributed by atoms with van der Waals surface area (Å²) >= 11 is 0. The maximum Gasteiger partial charge on any atom is 0.236 e. The van der Waals surface area contributed by atoms with E-state index < -0.39 is 6.04 Å². The largest absolute Gasteiger partial charge is 0.356 e. The highest BCUT2D eigenvalue weighted by Gasteiger charge is 2.10. The predicted molar refractivity (Wildman–Crippen MR) is 54.6 cm³/mol. The van der Waals surface area contributed by atoms with E-state index in [1.54, 1.807) is 0 Å². The van der Waals surface area contributed by atoms with Crippen LogP contribution >= 0.6 is 0 Å². The van der Waals surface area contributed by atoms with Crippen LogP contribution in [0.3, 0.4) is 0 Å². The summed E-state index contributed by atoms with van der Waals surface area (Å²) in [6.07, 6.45) is 0.906. The number of amides is 2. The Hall–Kier alpha value is -1.10. The van der Waals surface area contributed by atoms with Crippen LogP contribution in [-0.4, -0.2) is 30.9 Å². The molecule has 0 aliphatic heterocycles. The molecule has 1 atom stereocenters. The SMILES string of the molecule is CCNC(=O)CCNC(=O)C(N)CC. The zero-order chi connectivity index (χ0) is 11.0. The van der Waals surface area contributed by atoms with Crippen molar-refractivity contribution >= 4 is 11.8 Å². The van der Waals surface area contributed by atoms with E-state index in [2.05, 4.69) is 10.6 Å². The molecule has 2 amide bonds. The average Bonchev–Trinajstić information content (AvgIpc) is 2.16. The zero-order valence-electron chi connectivity index (χ0n) is 8.80. The van der Waals surface area contributed by atoms with Gasteiger partial charge in [-0.1, -0.05) is 6.92 Å². The number of carbonyl (C=O) groups is 2. The third-order valence-corrected chi connectivity index (χ3v) is 1.80. The second-order valence-corrected chi connectivity index (χ2v) is 3.01. The molecular weight excluding hydrogens is 182 g/mol. The van der Waals surface area contributed by atoms with Gasteiger partial charge in [0.15, 0.2) is 0 Å². The Bertz CT molecular complexity index is 194. The van der Waals surface area contributed by atoms with Gasteiger partial charge in [0.25, 0.3) is 0 Å². The summed E-state index contributed by atoms with van der Waals surface area (Å²) in [7, 11) is 0. The Kier molecular flexibility index (Phi) is 6.74. The summed E-state index contributed by atoms with van der Waals surface area (Å²) in [6, 6.07) is -0.468. The van der Waals surface area contributed by atoms with Crippen molar-refractivity contribution in [3.05, 3.63) is 0 Å². The van der Waals surface area contributed by atoms with Gasteiger partial charge in [0, 0.05) is 19.5 Å². The number of hydrogen-bond acceptors (Lipinski definition) is 3. The zero-order valence-corrected chi connectivity index (χ0v) is 8.80. The molecule has 14 heavy (non-hydrogen) atoms. The lowest BCUT2D eigenvalue weighted by Gasteiger charge is -2.09. The first-order valence-corrected chi connectivity index (χ1v) is 4.91. The van der Waals surface area contributed by atoms with Crippen molar-refractivity contribution < 1.29 is 9.59 Å². The van der Waals surface area contributed by atoms with E-state index in [1.165, 1.54) is 0 Å². The molecule has 5 heteroatoms. The smallest absolute Gasteiger partial charge is 0.236 e. The summed E-state index contributed by atoms with van der Waals surface area (Å²) < 4.78 is 0. The van der Waals surface area contributed by atoms with Crippen LogP contribution in [0, 0.1) is 0 Å². The monoisotopic (exact) mass is 201 g/mol. The van der Waals surface area contributed by atoms with E-state index in [1.807, 2.05) is 13.8 Å². The number of nitrogens with one attached hydrogen (secondary N) is 2. The van der Waals surface area contributed by atoms with Gasteiger partial charge in [-0.2, -0.15) is 0 Å². The molecule has 0 aromatic rings. The van der Waals surface area contributed by atoms with Gasteiger partial charge in [-0.3, -0.25) is 9.59 Å². The van der Waals surface area contributed by atoms with Crippen LogP contribution in [-0.2, 0) is 9.59 Å². The van der Waals surface area contributed by atoms with Crippen molar-refractivity contribution in [2.45, 2.75) is 32.7 Å². The highest BCUT2D eigenvalue weighted by molar-refractivity contribution is 5.82. The van der Waals surface area contributed by atoms with Gasteiger partial charge < -0.3 is 16.4 Å². The molecule has 0 heterocycles. The Balaban J connectivity index is 3.54. The minimum Gasteiger partial charge on any atom is -0.356 e. The standard InChI is InChI=1S/C9H19N3O2/c1-3-7(10)9(14)12-6-5-8(13)11-4-2/h7H,3-6,10H2,1-2H3,(H,11,13)(H,12,14). The van der Waals surface area contributed by atoms with E-state index in [-0.39, 0.29) is 11.8 Å². The molecule has 0 fully saturated rings. The van der Waals surface area contributed by atoms with Crippen molar-refractivity contribution in [3.63, 3.8) is 0 Å². The number of hydrogen-bond donors (Lipinski definition) is 3. The molecule has 0 spiro atoms. The van der Waals surface area contributed by atoms with Crippen molar-refractivity contribution in [1.82, 2.24) is 10.6 Å². The van der Waals surface area contributed by atoms with E-state index in [9.17, 15) is 9.59 Å². The van der Waals surface area contributed by atoms with Gasteiger partial charge in [-0.25, -0.2) is 0 Å². The Morgan fingerprint density at radius 1 is 1.29 bits per heavy atom. The minimum absolute atomic E-state index is 0.0575. The Morgan fingerprint density at radius 3 is 2.43 bits per heavy atom. The van der Waals surface area contributed by atoms with Crippen LogP contribution in [0.25, 0.3) is 0 Å². The van der Waals surface area contributed by atoms with Crippen LogP contribution in [0.2, 0.25) is 0 Å². The molecule has 0 rings (SSSR count). The second-order valence-electron chi connectivity index (χ2n) is 3.01.